The average Bonchev–Trinajstić information content (AvgIpc) is 1.51. The Morgan fingerprint density at radius 2 is 0.549 bits per heavy atom. The SMILES string of the molecule is CN(c1cc(-c2ccc(-c3cc4ncccc4o3)cc2)sc1C(=O)O)P(C)(=O)c1ccc(Cl)cc1.CN(c1cc(-c2ccc(-c3cc4ncccc4o3)cc2)sc1C(=O)O)P(C)(=O)c1ccc(Cl)cc1Cl.Cc1ccc(P(C)(=O)N(C)c2cc(-c3ccc(-c4cc5ncccc5o4)cc3)sc2C(=O)O)c(C)c1.Cc1ccc(P(C)(=O)N(C)c2cc(-c3ccc(-c4cc5ncccc5o4)cc3)sc2C(=O)O)cc1. The number of fused-ring (bicyclic) bond motifs is 4. The van der Waals surface area contributed by atoms with Crippen molar-refractivity contribution in [1.29, 1.82) is 0 Å². The maximum atomic E-state index is 14.0. The highest BCUT2D eigenvalue weighted by atomic mass is 35.5. The van der Waals surface area contributed by atoms with Gasteiger partial charge < -0.3 is 56.8 Å². The normalized spacial score (nSPS) is 13.0. The number of halogens is 3. The molecule has 0 aliphatic heterocycles. The van der Waals surface area contributed by atoms with Crippen LogP contribution >= 0.6 is 109 Å². The van der Waals surface area contributed by atoms with Gasteiger partial charge in [-0.05, 0) is 182 Å². The third-order valence-electron chi connectivity index (χ3n) is 24.3. The molecule has 0 aliphatic rings. The fraction of sp³-hybridized carbons (Fsp3) is 0.103. The number of benzene rings is 8. The molecule has 0 fully saturated rings. The summed E-state index contributed by atoms with van der Waals surface area (Å²) in [5.41, 5.74) is 17.7. The van der Waals surface area contributed by atoms with Crippen molar-refractivity contribution in [3.63, 3.8) is 0 Å². The van der Waals surface area contributed by atoms with Gasteiger partial charge in [-0.3, -0.25) is 38.2 Å². The Labute approximate surface area is 846 Å². The van der Waals surface area contributed by atoms with E-state index in [0.29, 0.717) is 82.9 Å². The number of carbonyl (C=O) groups is 4. The summed E-state index contributed by atoms with van der Waals surface area (Å²) >= 11 is 22.9. The Bertz CT molecular complexity index is 7830. The van der Waals surface area contributed by atoms with Crippen LogP contribution < -0.4 is 39.9 Å². The van der Waals surface area contributed by atoms with Gasteiger partial charge >= 0.3 is 23.9 Å². The Hall–Kier alpha value is -13.8. The van der Waals surface area contributed by atoms with E-state index >= 15 is 0 Å². The largest absolute Gasteiger partial charge is 0.477 e. The number of aromatic carboxylic acids is 4. The van der Waals surface area contributed by atoms with Gasteiger partial charge in [-0.2, -0.15) is 0 Å². The first-order valence-corrected chi connectivity index (χ1v) is 56.5. The summed E-state index contributed by atoms with van der Waals surface area (Å²) in [4.78, 5) is 69.2. The molecule has 0 saturated heterocycles. The van der Waals surface area contributed by atoms with Gasteiger partial charge in [0.15, 0.2) is 51.5 Å². The van der Waals surface area contributed by atoms with Crippen molar-refractivity contribution in [2.75, 3.05) is 73.5 Å². The molecule has 4 unspecified atom stereocenters. The van der Waals surface area contributed by atoms with Crippen molar-refractivity contribution >= 4 is 222 Å². The molecule has 0 radical (unpaired) electrons. The van der Waals surface area contributed by atoms with Crippen molar-refractivity contribution in [1.82, 2.24) is 19.9 Å². The number of nitrogens with zero attached hydrogens (tertiary/aromatic N) is 8. The molecule has 20 aromatic rings. The number of furan rings is 4. The first-order chi connectivity index (χ1) is 67.8. The lowest BCUT2D eigenvalue weighted by atomic mass is 10.1. The number of rotatable bonds is 24. The fourth-order valence-electron chi connectivity index (χ4n) is 16.0. The first-order valence-electron chi connectivity index (χ1n) is 43.7. The van der Waals surface area contributed by atoms with Crippen LogP contribution in [0.1, 0.15) is 55.4 Å². The quantitative estimate of drug-likeness (QED) is 0.0408. The lowest BCUT2D eigenvalue weighted by Crippen LogP contribution is -2.23. The van der Waals surface area contributed by atoms with Crippen LogP contribution in [0.25, 0.3) is 131 Å². The standard InChI is InChI=1S/C28H25N2O4PS.C27H23N2O4PS.C26H19Cl2N2O4PS.C26H20ClN2O4PS/c1-17-7-12-25(18(2)14-17)35(4,33)30(3)22-16-26(36-27(22)28(31)32)20-10-8-19(9-11-20)24-15-21-23(34-24)6-5-13-29-21;1-17-6-12-20(13-7-17)34(3,32)29(2)22-16-25(35-26(22)27(30)31)19-10-8-18(9-11-19)24-15-21-23(33-24)5-4-14-28-21;1-30(35(2,33)23-10-9-17(27)12-18(23)28)20-14-24(36-25(20)26(31)32)16-7-5-15(6-8-16)22-13-19-21(34-22)4-3-11-29-19;1-29(34(2,32)19-11-9-18(27)10-12-19)21-15-24(35-25(21)26(30)31)17-7-5-16(6-8-17)23-14-20-22(33-23)4-3-13-28-20/h5-16H,1-4H3,(H,31,32);4-16H,1-3H3,(H,30,31);3-14H,1-2H3,(H,31,32);3-15H,1-2H3,(H,30,31). The number of thiophene rings is 4. The minimum atomic E-state index is -3.25. The van der Waals surface area contributed by atoms with Crippen molar-refractivity contribution in [3.05, 3.63) is 355 Å². The minimum absolute atomic E-state index is 0.0899. The summed E-state index contributed by atoms with van der Waals surface area (Å²) < 4.78 is 85.1. The molecular weight excluding hydrogens is 2010 g/mol. The van der Waals surface area contributed by atoms with Crippen molar-refractivity contribution in [3.8, 4) is 87.1 Å². The number of hydrogen-bond donors (Lipinski definition) is 4. The van der Waals surface area contributed by atoms with E-state index in [-0.39, 0.29) is 24.5 Å². The lowest BCUT2D eigenvalue weighted by molar-refractivity contribution is 0.0692. The summed E-state index contributed by atoms with van der Waals surface area (Å²) in [6.45, 7) is 12.4. The average molecular weight is 2100 g/mol. The van der Waals surface area contributed by atoms with Gasteiger partial charge in [0.05, 0.1) is 27.8 Å². The molecule has 0 saturated carbocycles. The zero-order valence-corrected chi connectivity index (χ0v) is 86.8. The second kappa shape index (κ2) is 41.0. The van der Waals surface area contributed by atoms with Crippen LogP contribution in [0.15, 0.2) is 322 Å². The number of aryl methyl sites for hydroxylation is 3. The maximum Gasteiger partial charge on any atom is 0.348 e. The third kappa shape index (κ3) is 20.8. The van der Waals surface area contributed by atoms with Crippen LogP contribution in [0.3, 0.4) is 0 Å². The van der Waals surface area contributed by atoms with E-state index in [1.165, 1.54) is 33.4 Å². The number of aromatic nitrogens is 4. The van der Waals surface area contributed by atoms with Crippen LogP contribution in [0.5, 0.6) is 0 Å². The Morgan fingerprint density at radius 3 is 0.824 bits per heavy atom. The maximum absolute atomic E-state index is 14.0. The summed E-state index contributed by atoms with van der Waals surface area (Å²) in [6.07, 6.45) is 6.89. The number of pyridine rings is 4. The lowest BCUT2D eigenvalue weighted by Gasteiger charge is -2.28. The molecule has 4 N–H and O–H groups in total. The number of carboxylic acid groups (broad SMARTS) is 4. The fourth-order valence-corrected chi connectivity index (χ4v) is 28.3. The summed E-state index contributed by atoms with van der Waals surface area (Å²) in [6, 6.07) is 85.2. The molecule has 12 heterocycles. The second-order valence-electron chi connectivity index (χ2n) is 33.6. The van der Waals surface area contributed by atoms with Crippen LogP contribution in [0.4, 0.5) is 22.7 Å². The highest BCUT2D eigenvalue weighted by Crippen LogP contribution is 2.56. The summed E-state index contributed by atoms with van der Waals surface area (Å²) in [5.74, 6) is -1.41. The smallest absolute Gasteiger partial charge is 0.348 e. The molecule has 0 bridgehead atoms. The monoisotopic (exact) mass is 2100 g/mol. The molecule has 142 heavy (non-hydrogen) atoms. The molecule has 716 valence electrons. The topological polar surface area (TPSA) is 335 Å². The van der Waals surface area contributed by atoms with E-state index in [9.17, 15) is 57.9 Å². The van der Waals surface area contributed by atoms with E-state index in [1.807, 2.05) is 239 Å². The highest BCUT2D eigenvalue weighted by molar-refractivity contribution is 7.73. The third-order valence-corrected chi connectivity index (χ3v) is 40.5. The predicted molar refractivity (Wildman–Crippen MR) is 580 cm³/mol. The van der Waals surface area contributed by atoms with Crippen LogP contribution in [0.2, 0.25) is 15.1 Å². The molecule has 12 aromatic heterocycles. The van der Waals surface area contributed by atoms with Crippen LogP contribution in [-0.4, -0.2) is 119 Å². The minimum Gasteiger partial charge on any atom is -0.477 e. The van der Waals surface area contributed by atoms with Gasteiger partial charge in [0.1, 0.15) is 64.6 Å². The first kappa shape index (κ1) is 99.7. The van der Waals surface area contributed by atoms with Gasteiger partial charge in [-0.15, -0.1) is 45.3 Å². The summed E-state index contributed by atoms with van der Waals surface area (Å²) in [5, 5.41) is 43.2. The van der Waals surface area contributed by atoms with Crippen molar-refractivity contribution < 1.29 is 75.5 Å². The van der Waals surface area contributed by atoms with Gasteiger partial charge in [-0.25, -0.2) is 19.2 Å². The molecule has 24 nitrogen and oxygen atoms in total. The van der Waals surface area contributed by atoms with Gasteiger partial charge in [0.25, 0.3) is 0 Å². The molecule has 0 aliphatic carbocycles. The number of anilines is 4. The van der Waals surface area contributed by atoms with E-state index in [2.05, 4.69) is 19.9 Å². The van der Waals surface area contributed by atoms with Gasteiger partial charge in [0, 0.05) is 177 Å². The molecular formula is C107H87Cl3N8O16P4S4. The van der Waals surface area contributed by atoms with Crippen LogP contribution in [-0.2, 0) is 18.3 Å². The van der Waals surface area contributed by atoms with Crippen molar-refractivity contribution in [2.24, 2.45) is 0 Å². The Morgan fingerprint density at radius 1 is 0.296 bits per heavy atom. The molecule has 4 atom stereocenters. The zero-order valence-electron chi connectivity index (χ0n) is 77.7. The molecule has 0 spiro atoms. The number of carboxylic acids is 4. The molecule has 0 amide bonds. The van der Waals surface area contributed by atoms with E-state index in [0.717, 1.165) is 142 Å². The molecule has 20 rings (SSSR count). The molecule has 8 aromatic carbocycles. The number of hydrogen-bond acceptors (Lipinski definition) is 20. The van der Waals surface area contributed by atoms with E-state index < -0.39 is 53.0 Å². The summed E-state index contributed by atoms with van der Waals surface area (Å²) in [7, 11) is -5.76. The highest BCUT2D eigenvalue weighted by Gasteiger charge is 2.36. The predicted octanol–water partition coefficient (Wildman–Crippen LogP) is 29.2. The molecule has 35 heteroatoms. The van der Waals surface area contributed by atoms with Crippen molar-refractivity contribution in [2.45, 2.75) is 20.8 Å². The van der Waals surface area contributed by atoms with Gasteiger partial charge in [0.2, 0.25) is 0 Å². The Balaban J connectivity index is 0.000000130. The Kier molecular flexibility index (Phi) is 28.8. The van der Waals surface area contributed by atoms with Gasteiger partial charge in [-0.1, -0.05) is 167 Å². The van der Waals surface area contributed by atoms with E-state index in [1.54, 1.807) is 148 Å². The van der Waals surface area contributed by atoms with Crippen LogP contribution in [0, 0.1) is 20.8 Å². The second-order valence-corrected chi connectivity index (χ2v) is 50.5. The zero-order chi connectivity index (χ0) is 101. The van der Waals surface area contributed by atoms with E-state index in [4.69, 9.17) is 52.5 Å².